The van der Waals surface area contributed by atoms with Gasteiger partial charge in [0.1, 0.15) is 0 Å². The summed E-state index contributed by atoms with van der Waals surface area (Å²) in [7, 11) is 4.13. The second kappa shape index (κ2) is 6.02. The molecule has 2 N–H and O–H groups in total. The predicted molar refractivity (Wildman–Crippen MR) is 73.6 cm³/mol. The molecule has 0 spiro atoms. The molecule has 106 valence electrons. The summed E-state index contributed by atoms with van der Waals surface area (Å²) in [6.45, 7) is 8.36. The number of hydrogen-bond donors (Lipinski definition) is 2. The smallest absolute Gasteiger partial charge is 0.307 e. The van der Waals surface area contributed by atoms with Gasteiger partial charge in [0, 0.05) is 19.1 Å². The molecule has 0 heterocycles. The molecular weight excluding hydrogens is 228 g/mol. The van der Waals surface area contributed by atoms with Crippen LogP contribution in [0.15, 0.2) is 0 Å². The lowest BCUT2D eigenvalue weighted by Gasteiger charge is -2.46. The Morgan fingerprint density at radius 2 is 2.00 bits per heavy atom. The Kier molecular flexibility index (Phi) is 5.17. The highest BCUT2D eigenvalue weighted by molar-refractivity contribution is 5.71. The van der Waals surface area contributed by atoms with Crippen LogP contribution in [0.2, 0.25) is 0 Å². The standard InChI is InChI=1S/C14H28N2O2/c1-10-12(15-8-9-16(4)5)7-6-11(13(17)18)14(10,2)3/h10-12,15H,6-9H2,1-5H3,(H,17,18). The molecule has 0 bridgehead atoms. The average Bonchev–Trinajstić information content (AvgIpc) is 2.23. The maximum atomic E-state index is 11.3. The Labute approximate surface area is 111 Å². The lowest BCUT2D eigenvalue weighted by atomic mass is 9.61. The molecule has 4 nitrogen and oxygen atoms in total. The van der Waals surface area contributed by atoms with Gasteiger partial charge in [0.15, 0.2) is 0 Å². The van der Waals surface area contributed by atoms with E-state index < -0.39 is 5.97 Å². The number of aliphatic carboxylic acids is 1. The van der Waals surface area contributed by atoms with Crippen LogP contribution < -0.4 is 5.32 Å². The second-order valence-corrected chi connectivity index (χ2v) is 6.44. The van der Waals surface area contributed by atoms with E-state index in [1.54, 1.807) is 0 Å². The molecule has 18 heavy (non-hydrogen) atoms. The van der Waals surface area contributed by atoms with Gasteiger partial charge in [-0.25, -0.2) is 0 Å². The van der Waals surface area contributed by atoms with E-state index in [1.807, 2.05) is 0 Å². The quantitative estimate of drug-likeness (QED) is 0.785. The molecule has 1 rings (SSSR count). The fourth-order valence-electron chi connectivity index (χ4n) is 3.00. The molecule has 0 aromatic carbocycles. The maximum absolute atomic E-state index is 11.3. The Balaban J connectivity index is 2.58. The van der Waals surface area contributed by atoms with Gasteiger partial charge in [0.05, 0.1) is 5.92 Å². The molecule has 3 unspecified atom stereocenters. The first-order valence-electron chi connectivity index (χ1n) is 6.87. The molecule has 0 amide bonds. The van der Waals surface area contributed by atoms with Crippen LogP contribution in [0.3, 0.4) is 0 Å². The number of nitrogens with one attached hydrogen (secondary N) is 1. The predicted octanol–water partition coefficient (Wildman–Crippen LogP) is 1.66. The molecule has 1 saturated carbocycles. The Morgan fingerprint density at radius 1 is 1.39 bits per heavy atom. The molecule has 0 saturated heterocycles. The summed E-state index contributed by atoms with van der Waals surface area (Å²) in [4.78, 5) is 13.5. The molecule has 0 aromatic heterocycles. The number of nitrogens with zero attached hydrogens (tertiary/aromatic N) is 1. The molecule has 1 fully saturated rings. The first-order valence-corrected chi connectivity index (χ1v) is 6.87. The molecule has 1 aliphatic carbocycles. The van der Waals surface area contributed by atoms with E-state index in [1.165, 1.54) is 0 Å². The van der Waals surface area contributed by atoms with E-state index in [0.29, 0.717) is 12.0 Å². The summed E-state index contributed by atoms with van der Waals surface area (Å²) < 4.78 is 0. The summed E-state index contributed by atoms with van der Waals surface area (Å²) >= 11 is 0. The summed E-state index contributed by atoms with van der Waals surface area (Å²) in [6.07, 6.45) is 1.75. The fraction of sp³-hybridized carbons (Fsp3) is 0.929. The molecule has 3 atom stereocenters. The van der Waals surface area contributed by atoms with E-state index in [0.717, 1.165) is 25.9 Å². The van der Waals surface area contributed by atoms with Crippen molar-refractivity contribution in [3.63, 3.8) is 0 Å². The summed E-state index contributed by atoms with van der Waals surface area (Å²) in [5.74, 6) is -0.465. The van der Waals surface area contributed by atoms with Crippen LogP contribution >= 0.6 is 0 Å². The van der Waals surface area contributed by atoms with Crippen molar-refractivity contribution in [1.82, 2.24) is 10.2 Å². The van der Waals surface area contributed by atoms with Crippen molar-refractivity contribution in [1.29, 1.82) is 0 Å². The lowest BCUT2D eigenvalue weighted by molar-refractivity contribution is -0.150. The fourth-order valence-corrected chi connectivity index (χ4v) is 3.00. The van der Waals surface area contributed by atoms with Crippen LogP contribution in [0.25, 0.3) is 0 Å². The third-order valence-electron chi connectivity index (χ3n) is 4.71. The Bertz CT molecular complexity index is 290. The highest BCUT2D eigenvalue weighted by Gasteiger charge is 2.45. The van der Waals surface area contributed by atoms with Crippen LogP contribution in [0.1, 0.15) is 33.6 Å². The van der Waals surface area contributed by atoms with Crippen molar-refractivity contribution in [2.24, 2.45) is 17.3 Å². The minimum atomic E-state index is -0.640. The van der Waals surface area contributed by atoms with Crippen molar-refractivity contribution in [2.45, 2.75) is 39.7 Å². The van der Waals surface area contributed by atoms with Crippen LogP contribution in [-0.2, 0) is 4.79 Å². The third kappa shape index (κ3) is 3.45. The van der Waals surface area contributed by atoms with Crippen molar-refractivity contribution in [2.75, 3.05) is 27.2 Å². The van der Waals surface area contributed by atoms with Gasteiger partial charge in [-0.1, -0.05) is 20.8 Å². The number of carbonyl (C=O) groups is 1. The van der Waals surface area contributed by atoms with Gasteiger partial charge in [0.2, 0.25) is 0 Å². The topological polar surface area (TPSA) is 52.6 Å². The molecule has 0 radical (unpaired) electrons. The molecule has 0 aliphatic heterocycles. The van der Waals surface area contributed by atoms with Crippen LogP contribution in [0, 0.1) is 17.3 Å². The second-order valence-electron chi connectivity index (χ2n) is 6.44. The van der Waals surface area contributed by atoms with E-state index >= 15 is 0 Å². The van der Waals surface area contributed by atoms with Crippen molar-refractivity contribution >= 4 is 5.97 Å². The van der Waals surface area contributed by atoms with E-state index in [9.17, 15) is 9.90 Å². The molecule has 1 aliphatic rings. The number of carboxylic acids is 1. The monoisotopic (exact) mass is 256 g/mol. The zero-order valence-corrected chi connectivity index (χ0v) is 12.4. The third-order valence-corrected chi connectivity index (χ3v) is 4.71. The van der Waals surface area contributed by atoms with E-state index in [2.05, 4.69) is 45.1 Å². The first-order chi connectivity index (χ1) is 8.26. The first kappa shape index (κ1) is 15.4. The van der Waals surface area contributed by atoms with Gasteiger partial charge in [-0.3, -0.25) is 4.79 Å². The summed E-state index contributed by atoms with van der Waals surface area (Å²) in [6, 6.07) is 0.440. The highest BCUT2D eigenvalue weighted by atomic mass is 16.4. The molecule has 4 heteroatoms. The van der Waals surface area contributed by atoms with Gasteiger partial charge < -0.3 is 15.3 Å². The largest absolute Gasteiger partial charge is 0.481 e. The Morgan fingerprint density at radius 3 is 2.50 bits per heavy atom. The van der Waals surface area contributed by atoms with Crippen molar-refractivity contribution < 1.29 is 9.90 Å². The molecule has 0 aromatic rings. The van der Waals surface area contributed by atoms with Gasteiger partial charge in [0.25, 0.3) is 0 Å². The number of carboxylic acid groups (broad SMARTS) is 1. The van der Waals surface area contributed by atoms with Crippen LogP contribution in [-0.4, -0.2) is 49.2 Å². The van der Waals surface area contributed by atoms with Crippen molar-refractivity contribution in [3.05, 3.63) is 0 Å². The minimum absolute atomic E-state index is 0.139. The highest BCUT2D eigenvalue weighted by Crippen LogP contribution is 2.44. The number of hydrogen-bond acceptors (Lipinski definition) is 3. The van der Waals surface area contributed by atoms with E-state index in [4.69, 9.17) is 0 Å². The van der Waals surface area contributed by atoms with Crippen LogP contribution in [0.5, 0.6) is 0 Å². The Hall–Kier alpha value is -0.610. The van der Waals surface area contributed by atoms with Crippen LogP contribution in [0.4, 0.5) is 0 Å². The molecular formula is C14H28N2O2. The van der Waals surface area contributed by atoms with Gasteiger partial charge in [-0.15, -0.1) is 0 Å². The summed E-state index contributed by atoms with van der Waals surface area (Å²) in [5, 5.41) is 12.9. The van der Waals surface area contributed by atoms with Gasteiger partial charge in [-0.05, 0) is 38.3 Å². The van der Waals surface area contributed by atoms with Crippen molar-refractivity contribution in [3.8, 4) is 0 Å². The SMILES string of the molecule is CC1C(NCCN(C)C)CCC(C(=O)O)C1(C)C. The number of likely N-dealkylation sites (N-methyl/N-ethyl adjacent to an activating group) is 1. The maximum Gasteiger partial charge on any atom is 0.307 e. The average molecular weight is 256 g/mol. The minimum Gasteiger partial charge on any atom is -0.481 e. The van der Waals surface area contributed by atoms with Gasteiger partial charge in [-0.2, -0.15) is 0 Å². The van der Waals surface area contributed by atoms with Gasteiger partial charge >= 0.3 is 5.97 Å². The normalized spacial score (nSPS) is 31.6. The number of rotatable bonds is 5. The van der Waals surface area contributed by atoms with E-state index in [-0.39, 0.29) is 11.3 Å². The zero-order valence-electron chi connectivity index (χ0n) is 12.4. The summed E-state index contributed by atoms with van der Waals surface area (Å²) in [5.41, 5.74) is -0.139. The lowest BCUT2D eigenvalue weighted by Crippen LogP contribution is -2.51. The zero-order chi connectivity index (χ0) is 13.9.